The number of fused-ring (bicyclic) bond motifs is 1. The van der Waals surface area contributed by atoms with Crippen LogP contribution in [0.5, 0.6) is 5.75 Å². The first-order valence-electron chi connectivity index (χ1n) is 6.86. The number of aromatic hydroxyl groups is 1. The van der Waals surface area contributed by atoms with Crippen LogP contribution in [0.1, 0.15) is 21.7 Å². The van der Waals surface area contributed by atoms with Crippen LogP contribution in [0.2, 0.25) is 0 Å². The molecule has 0 unspecified atom stereocenters. The van der Waals surface area contributed by atoms with Crippen molar-refractivity contribution in [2.24, 2.45) is 0 Å². The van der Waals surface area contributed by atoms with Crippen LogP contribution in [0.25, 0.3) is 21.9 Å². The largest absolute Gasteiger partial charge is 0.507 e. The molecule has 0 aliphatic rings. The van der Waals surface area contributed by atoms with Crippen LogP contribution in [0.15, 0.2) is 36.4 Å². The molecule has 0 spiro atoms. The monoisotopic (exact) mass is 306 g/mol. The molecule has 3 aromatic rings. The van der Waals surface area contributed by atoms with Crippen LogP contribution in [-0.2, 0) is 0 Å². The van der Waals surface area contributed by atoms with Crippen molar-refractivity contribution in [3.63, 3.8) is 0 Å². The number of thiazole rings is 1. The van der Waals surface area contributed by atoms with E-state index in [2.05, 4.69) is 11.1 Å². The van der Waals surface area contributed by atoms with E-state index in [1.807, 2.05) is 56.3 Å². The third kappa shape index (κ3) is 2.59. The van der Waals surface area contributed by atoms with Crippen LogP contribution >= 0.6 is 11.3 Å². The number of aromatic nitrogens is 1. The van der Waals surface area contributed by atoms with Crippen LogP contribution in [0, 0.1) is 25.2 Å². The highest BCUT2D eigenvalue weighted by Gasteiger charge is 2.09. The fourth-order valence-electron chi connectivity index (χ4n) is 2.37. The number of aryl methyl sites for hydroxylation is 2. The Bertz CT molecular complexity index is 876. The molecule has 0 radical (unpaired) electrons. The van der Waals surface area contributed by atoms with Gasteiger partial charge < -0.3 is 5.11 Å². The zero-order valence-corrected chi connectivity index (χ0v) is 13.1. The third-order valence-electron chi connectivity index (χ3n) is 3.47. The van der Waals surface area contributed by atoms with E-state index in [1.54, 1.807) is 0 Å². The number of allylic oxidation sites excluding steroid dienone is 1. The molecule has 0 aliphatic carbocycles. The van der Waals surface area contributed by atoms with Gasteiger partial charge in [-0.15, -0.1) is 11.3 Å². The van der Waals surface area contributed by atoms with Crippen molar-refractivity contribution < 1.29 is 5.11 Å². The van der Waals surface area contributed by atoms with E-state index in [0.717, 1.165) is 26.9 Å². The quantitative estimate of drug-likeness (QED) is 0.699. The Kier molecular flexibility index (Phi) is 3.66. The number of benzene rings is 2. The van der Waals surface area contributed by atoms with Crippen LogP contribution in [0.4, 0.5) is 0 Å². The molecule has 0 saturated carbocycles. The van der Waals surface area contributed by atoms with Crippen molar-refractivity contribution in [2.75, 3.05) is 0 Å². The Labute approximate surface area is 132 Å². The van der Waals surface area contributed by atoms with E-state index in [9.17, 15) is 10.4 Å². The van der Waals surface area contributed by atoms with E-state index in [4.69, 9.17) is 0 Å². The van der Waals surface area contributed by atoms with Crippen molar-refractivity contribution in [3.8, 4) is 11.8 Å². The standard InChI is InChI=1S/C18H14N2OS/c1-11-7-13(8-12(2)17(11)21)9-14(10-19)18-20-15-5-3-4-6-16(15)22-18/h3-9,21H,1-2H3/b14-9+. The molecule has 1 N–H and O–H groups in total. The number of rotatable bonds is 2. The molecule has 3 rings (SSSR count). The maximum Gasteiger partial charge on any atom is 0.135 e. The predicted molar refractivity (Wildman–Crippen MR) is 90.7 cm³/mol. The normalized spacial score (nSPS) is 11.6. The molecule has 1 aromatic heterocycles. The smallest absolute Gasteiger partial charge is 0.135 e. The Morgan fingerprint density at radius 3 is 2.55 bits per heavy atom. The summed E-state index contributed by atoms with van der Waals surface area (Å²) in [6.45, 7) is 3.70. The fourth-order valence-corrected chi connectivity index (χ4v) is 3.30. The lowest BCUT2D eigenvalue weighted by atomic mass is 10.0. The molecule has 0 aliphatic heterocycles. The molecule has 0 bridgehead atoms. The van der Waals surface area contributed by atoms with Gasteiger partial charge in [-0.3, -0.25) is 0 Å². The first-order chi connectivity index (χ1) is 10.6. The molecule has 3 nitrogen and oxygen atoms in total. The summed E-state index contributed by atoms with van der Waals surface area (Å²) in [5.74, 6) is 0.302. The lowest BCUT2D eigenvalue weighted by Crippen LogP contribution is -1.85. The second-order valence-corrected chi connectivity index (χ2v) is 6.19. The summed E-state index contributed by atoms with van der Waals surface area (Å²) in [4.78, 5) is 4.52. The number of nitriles is 1. The van der Waals surface area contributed by atoms with Crippen molar-refractivity contribution >= 4 is 33.2 Å². The topological polar surface area (TPSA) is 56.9 Å². The number of hydrogen-bond acceptors (Lipinski definition) is 4. The van der Waals surface area contributed by atoms with Crippen LogP contribution in [-0.4, -0.2) is 10.1 Å². The van der Waals surface area contributed by atoms with E-state index in [0.29, 0.717) is 16.3 Å². The lowest BCUT2D eigenvalue weighted by molar-refractivity contribution is 0.467. The molecule has 108 valence electrons. The Balaban J connectivity index is 2.09. The van der Waals surface area contributed by atoms with E-state index in [1.165, 1.54) is 11.3 Å². The summed E-state index contributed by atoms with van der Waals surface area (Å²) < 4.78 is 1.07. The van der Waals surface area contributed by atoms with Gasteiger partial charge in [0.05, 0.1) is 15.8 Å². The number of phenols is 1. The SMILES string of the molecule is Cc1cc(/C=C(\C#N)c2nc3ccccc3s2)cc(C)c1O. The molecule has 0 atom stereocenters. The third-order valence-corrected chi connectivity index (χ3v) is 4.54. The first kappa shape index (κ1) is 14.3. The van der Waals surface area contributed by atoms with Gasteiger partial charge in [0.15, 0.2) is 0 Å². The second kappa shape index (κ2) is 5.63. The van der Waals surface area contributed by atoms with Crippen LogP contribution in [0.3, 0.4) is 0 Å². The zero-order chi connectivity index (χ0) is 15.7. The summed E-state index contributed by atoms with van der Waals surface area (Å²) >= 11 is 1.51. The zero-order valence-electron chi connectivity index (χ0n) is 12.3. The highest BCUT2D eigenvalue weighted by molar-refractivity contribution is 7.19. The number of para-hydroxylation sites is 1. The Morgan fingerprint density at radius 2 is 1.91 bits per heavy atom. The number of phenolic OH excluding ortho intramolecular Hbond substituents is 1. The fraction of sp³-hybridized carbons (Fsp3) is 0.111. The molecule has 4 heteroatoms. The summed E-state index contributed by atoms with van der Waals surface area (Å²) in [7, 11) is 0. The predicted octanol–water partition coefficient (Wildman–Crippen LogP) is 4.68. The minimum Gasteiger partial charge on any atom is -0.507 e. The molecular formula is C18H14N2OS. The molecule has 22 heavy (non-hydrogen) atoms. The van der Waals surface area contributed by atoms with Crippen molar-refractivity contribution in [1.82, 2.24) is 4.98 Å². The van der Waals surface area contributed by atoms with Gasteiger partial charge in [-0.05, 0) is 60.9 Å². The van der Waals surface area contributed by atoms with E-state index >= 15 is 0 Å². The minimum atomic E-state index is 0.302. The molecule has 0 fully saturated rings. The molecule has 2 aromatic carbocycles. The highest BCUT2D eigenvalue weighted by atomic mass is 32.1. The maximum absolute atomic E-state index is 9.84. The summed E-state index contributed by atoms with van der Waals surface area (Å²) in [6, 6.07) is 13.8. The molecule has 0 amide bonds. The first-order valence-corrected chi connectivity index (χ1v) is 7.68. The van der Waals surface area contributed by atoms with Gasteiger partial charge in [0, 0.05) is 0 Å². The van der Waals surface area contributed by atoms with Gasteiger partial charge in [0.25, 0.3) is 0 Å². The molecule has 1 heterocycles. The number of nitrogens with zero attached hydrogens (tertiary/aromatic N) is 2. The van der Waals surface area contributed by atoms with E-state index in [-0.39, 0.29) is 0 Å². The summed E-state index contributed by atoms with van der Waals surface area (Å²) in [5.41, 5.74) is 3.93. The van der Waals surface area contributed by atoms with Gasteiger partial charge in [-0.1, -0.05) is 12.1 Å². The highest BCUT2D eigenvalue weighted by Crippen LogP contribution is 2.29. The average Bonchev–Trinajstić information content (AvgIpc) is 2.93. The summed E-state index contributed by atoms with van der Waals surface area (Å²) in [5, 5.41) is 20.0. The van der Waals surface area contributed by atoms with Gasteiger partial charge >= 0.3 is 0 Å². The Morgan fingerprint density at radius 1 is 1.23 bits per heavy atom. The van der Waals surface area contributed by atoms with Gasteiger partial charge in [-0.2, -0.15) is 5.26 Å². The minimum absolute atomic E-state index is 0.302. The maximum atomic E-state index is 9.84. The van der Waals surface area contributed by atoms with Crippen molar-refractivity contribution in [3.05, 3.63) is 58.1 Å². The Hall–Kier alpha value is -2.64. The van der Waals surface area contributed by atoms with Crippen molar-refractivity contribution in [2.45, 2.75) is 13.8 Å². The molecular weight excluding hydrogens is 292 g/mol. The molecule has 0 saturated heterocycles. The van der Waals surface area contributed by atoms with Crippen molar-refractivity contribution in [1.29, 1.82) is 5.26 Å². The average molecular weight is 306 g/mol. The lowest BCUT2D eigenvalue weighted by Gasteiger charge is -2.05. The summed E-state index contributed by atoms with van der Waals surface area (Å²) in [6.07, 6.45) is 1.82. The van der Waals surface area contributed by atoms with E-state index < -0.39 is 0 Å². The van der Waals surface area contributed by atoms with Gasteiger partial charge in [0.1, 0.15) is 16.8 Å². The van der Waals surface area contributed by atoms with Crippen LogP contribution < -0.4 is 0 Å². The van der Waals surface area contributed by atoms with Gasteiger partial charge in [0.2, 0.25) is 0 Å². The number of hydrogen-bond donors (Lipinski definition) is 1. The second-order valence-electron chi connectivity index (χ2n) is 5.16. The van der Waals surface area contributed by atoms with Gasteiger partial charge in [-0.25, -0.2) is 4.98 Å².